The Labute approximate surface area is 180 Å². The lowest BCUT2D eigenvalue weighted by molar-refractivity contribution is -0.119. The molecule has 0 aliphatic carbocycles. The van der Waals surface area contributed by atoms with Gasteiger partial charge in [0.15, 0.2) is 6.61 Å². The Morgan fingerprint density at radius 1 is 1.03 bits per heavy atom. The molecule has 0 bridgehead atoms. The van der Waals surface area contributed by atoms with E-state index in [-0.39, 0.29) is 0 Å². The Hall–Kier alpha value is -3.65. The molecule has 0 atom stereocenters. The fourth-order valence-electron chi connectivity index (χ4n) is 2.94. The highest BCUT2D eigenvalue weighted by Crippen LogP contribution is 2.31. The summed E-state index contributed by atoms with van der Waals surface area (Å²) in [6.07, 6.45) is 0. The van der Waals surface area contributed by atoms with Crippen molar-refractivity contribution in [2.45, 2.75) is 6.92 Å². The van der Waals surface area contributed by atoms with E-state index >= 15 is 0 Å². The number of nitrogens with zero attached hydrogens (tertiary/aromatic N) is 1. The molecule has 0 saturated carbocycles. The number of carbonyl (C=O) groups excluding carboxylic acids is 2. The van der Waals surface area contributed by atoms with Gasteiger partial charge >= 0.3 is 5.97 Å². The van der Waals surface area contributed by atoms with Crippen molar-refractivity contribution in [2.75, 3.05) is 11.9 Å². The van der Waals surface area contributed by atoms with Gasteiger partial charge in [-0.2, -0.15) is 0 Å². The van der Waals surface area contributed by atoms with Crippen molar-refractivity contribution in [1.29, 1.82) is 0 Å². The van der Waals surface area contributed by atoms with E-state index in [0.29, 0.717) is 5.69 Å². The molecule has 0 radical (unpaired) electrons. The van der Waals surface area contributed by atoms with Crippen LogP contribution < -0.4 is 5.32 Å². The molecule has 1 N–H and O–H groups in total. The average molecular weight is 438 g/mol. The third-order valence-electron chi connectivity index (χ3n) is 4.46. The summed E-state index contributed by atoms with van der Waals surface area (Å²) in [5, 5.41) is 3.43. The predicted molar refractivity (Wildman–Crippen MR) is 115 cm³/mol. The molecule has 0 aliphatic rings. The van der Waals surface area contributed by atoms with Crippen LogP contribution in [0.2, 0.25) is 0 Å². The zero-order chi connectivity index (χ0) is 22.0. The molecular formula is C23H16F2N2O3S. The van der Waals surface area contributed by atoms with Crippen molar-refractivity contribution < 1.29 is 23.1 Å². The molecule has 1 heterocycles. The standard InChI is InChI=1S/C23H16F2N2O3S/c1-13-5-10-18-19(11-13)31-22(27-18)14-6-8-15(9-7-14)26-20(28)12-30-23(29)21-16(24)3-2-4-17(21)25/h2-11H,12H2,1H3,(H,26,28). The molecule has 5 nitrogen and oxygen atoms in total. The summed E-state index contributed by atoms with van der Waals surface area (Å²) in [5.41, 5.74) is 2.65. The number of fused-ring (bicyclic) bond motifs is 1. The summed E-state index contributed by atoms with van der Waals surface area (Å²) in [6.45, 7) is 1.35. The van der Waals surface area contributed by atoms with Crippen LogP contribution in [-0.2, 0) is 9.53 Å². The second-order valence-electron chi connectivity index (χ2n) is 6.79. The van der Waals surface area contributed by atoms with E-state index in [4.69, 9.17) is 4.74 Å². The number of nitrogens with one attached hydrogen (secondary N) is 1. The number of benzene rings is 3. The number of aryl methyl sites for hydroxylation is 1. The Kier molecular flexibility index (Phi) is 5.73. The zero-order valence-corrected chi connectivity index (χ0v) is 17.1. The smallest absolute Gasteiger partial charge is 0.344 e. The van der Waals surface area contributed by atoms with E-state index in [1.165, 1.54) is 5.56 Å². The number of ether oxygens (including phenoxy) is 1. The molecule has 8 heteroatoms. The first-order valence-electron chi connectivity index (χ1n) is 9.29. The first-order valence-corrected chi connectivity index (χ1v) is 10.1. The topological polar surface area (TPSA) is 68.3 Å². The number of halogens is 2. The Balaban J connectivity index is 1.38. The average Bonchev–Trinajstić information content (AvgIpc) is 3.16. The van der Waals surface area contributed by atoms with Crippen molar-refractivity contribution >= 4 is 39.1 Å². The van der Waals surface area contributed by atoms with Crippen LogP contribution in [0.25, 0.3) is 20.8 Å². The molecule has 156 valence electrons. The third kappa shape index (κ3) is 4.59. The molecule has 0 unspecified atom stereocenters. The van der Waals surface area contributed by atoms with Crippen molar-refractivity contribution in [2.24, 2.45) is 0 Å². The predicted octanol–water partition coefficient (Wildman–Crippen LogP) is 5.35. The maximum Gasteiger partial charge on any atom is 0.344 e. The molecule has 0 fully saturated rings. The van der Waals surface area contributed by atoms with Gasteiger partial charge in [-0.1, -0.05) is 12.1 Å². The summed E-state index contributed by atoms with van der Waals surface area (Å²) >= 11 is 1.58. The van der Waals surface area contributed by atoms with Crippen LogP contribution >= 0.6 is 11.3 Å². The Bertz CT molecular complexity index is 1270. The monoisotopic (exact) mass is 438 g/mol. The second kappa shape index (κ2) is 8.61. The van der Waals surface area contributed by atoms with Gasteiger partial charge in [0.05, 0.1) is 10.2 Å². The molecule has 1 aromatic heterocycles. The number of esters is 1. The van der Waals surface area contributed by atoms with E-state index in [0.717, 1.165) is 39.0 Å². The van der Waals surface area contributed by atoms with E-state index < -0.39 is 35.7 Å². The van der Waals surface area contributed by atoms with Gasteiger partial charge in [-0.15, -0.1) is 11.3 Å². The molecule has 0 saturated heterocycles. The first kappa shape index (κ1) is 20.6. The first-order chi connectivity index (χ1) is 14.9. The number of hydrogen-bond donors (Lipinski definition) is 1. The van der Waals surface area contributed by atoms with Crippen LogP contribution in [0, 0.1) is 18.6 Å². The maximum atomic E-state index is 13.6. The Morgan fingerprint density at radius 3 is 2.45 bits per heavy atom. The number of thiazole rings is 1. The van der Waals surface area contributed by atoms with E-state index in [1.807, 2.05) is 31.2 Å². The molecule has 0 spiro atoms. The van der Waals surface area contributed by atoms with Crippen LogP contribution in [0.5, 0.6) is 0 Å². The quantitative estimate of drug-likeness (QED) is 0.427. The lowest BCUT2D eigenvalue weighted by Crippen LogP contribution is -2.21. The normalized spacial score (nSPS) is 10.8. The largest absolute Gasteiger partial charge is 0.452 e. The lowest BCUT2D eigenvalue weighted by atomic mass is 10.2. The van der Waals surface area contributed by atoms with Crippen LogP contribution in [-0.4, -0.2) is 23.5 Å². The van der Waals surface area contributed by atoms with Gasteiger partial charge in [0.25, 0.3) is 5.91 Å². The molecular weight excluding hydrogens is 422 g/mol. The minimum atomic E-state index is -1.24. The summed E-state index contributed by atoms with van der Waals surface area (Å²) in [5.74, 6) is -3.97. The number of anilines is 1. The number of amides is 1. The summed E-state index contributed by atoms with van der Waals surface area (Å²) in [7, 11) is 0. The zero-order valence-electron chi connectivity index (χ0n) is 16.3. The fraction of sp³-hybridized carbons (Fsp3) is 0.0870. The highest BCUT2D eigenvalue weighted by molar-refractivity contribution is 7.21. The second-order valence-corrected chi connectivity index (χ2v) is 7.82. The molecule has 0 aliphatic heterocycles. The van der Waals surface area contributed by atoms with E-state index in [9.17, 15) is 18.4 Å². The van der Waals surface area contributed by atoms with Crippen molar-refractivity contribution in [3.8, 4) is 10.6 Å². The van der Waals surface area contributed by atoms with Crippen molar-refractivity contribution in [1.82, 2.24) is 4.98 Å². The van der Waals surface area contributed by atoms with Gasteiger partial charge in [0.1, 0.15) is 22.2 Å². The van der Waals surface area contributed by atoms with Crippen LogP contribution in [0.3, 0.4) is 0 Å². The minimum Gasteiger partial charge on any atom is -0.452 e. The maximum absolute atomic E-state index is 13.6. The SMILES string of the molecule is Cc1ccc2nc(-c3ccc(NC(=O)COC(=O)c4c(F)cccc4F)cc3)sc2c1. The minimum absolute atomic E-state index is 0.485. The van der Waals surface area contributed by atoms with Gasteiger partial charge in [-0.3, -0.25) is 4.79 Å². The highest BCUT2D eigenvalue weighted by Gasteiger charge is 2.19. The van der Waals surface area contributed by atoms with Gasteiger partial charge < -0.3 is 10.1 Å². The van der Waals surface area contributed by atoms with E-state index in [1.54, 1.807) is 23.5 Å². The Morgan fingerprint density at radius 2 is 1.74 bits per heavy atom. The highest BCUT2D eigenvalue weighted by atomic mass is 32.1. The molecule has 3 aromatic carbocycles. The van der Waals surface area contributed by atoms with Gasteiger partial charge in [0, 0.05) is 11.3 Å². The number of rotatable bonds is 5. The summed E-state index contributed by atoms with van der Waals surface area (Å²) < 4.78 is 33.0. The molecule has 31 heavy (non-hydrogen) atoms. The van der Waals surface area contributed by atoms with Crippen LogP contribution in [0.4, 0.5) is 14.5 Å². The third-order valence-corrected chi connectivity index (χ3v) is 5.53. The molecule has 4 rings (SSSR count). The van der Waals surface area contributed by atoms with E-state index in [2.05, 4.69) is 16.4 Å². The fourth-order valence-corrected chi connectivity index (χ4v) is 4.01. The van der Waals surface area contributed by atoms with Crippen molar-refractivity contribution in [3.05, 3.63) is 83.4 Å². The summed E-state index contributed by atoms with van der Waals surface area (Å²) in [4.78, 5) is 28.5. The van der Waals surface area contributed by atoms with Crippen LogP contribution in [0.15, 0.2) is 60.7 Å². The van der Waals surface area contributed by atoms with Gasteiger partial charge in [-0.05, 0) is 61.0 Å². The molecule has 4 aromatic rings. The van der Waals surface area contributed by atoms with Gasteiger partial charge in [-0.25, -0.2) is 18.6 Å². The number of hydrogen-bond acceptors (Lipinski definition) is 5. The van der Waals surface area contributed by atoms with Crippen molar-refractivity contribution in [3.63, 3.8) is 0 Å². The van der Waals surface area contributed by atoms with Gasteiger partial charge in [0.2, 0.25) is 0 Å². The summed E-state index contributed by atoms with van der Waals surface area (Å²) in [6, 6.07) is 16.1. The van der Waals surface area contributed by atoms with Crippen LogP contribution in [0.1, 0.15) is 15.9 Å². The lowest BCUT2D eigenvalue weighted by Gasteiger charge is -2.08. The number of aromatic nitrogens is 1. The number of carbonyl (C=O) groups is 2. The molecule has 1 amide bonds.